The van der Waals surface area contributed by atoms with Crippen LogP contribution in [0.3, 0.4) is 0 Å². The molecule has 0 amide bonds. The largest absolute Gasteiger partial charge is 0.390 e. The summed E-state index contributed by atoms with van der Waals surface area (Å²) < 4.78 is 13.1. The second kappa shape index (κ2) is 4.34. The molecular formula is C13H16ClFO. The first kappa shape index (κ1) is 11.9. The van der Waals surface area contributed by atoms with Crippen molar-refractivity contribution in [3.05, 3.63) is 34.6 Å². The molecule has 1 aromatic rings. The first-order chi connectivity index (χ1) is 7.46. The molecular weight excluding hydrogens is 227 g/mol. The van der Waals surface area contributed by atoms with Gasteiger partial charge in [-0.2, -0.15) is 0 Å². The minimum Gasteiger partial charge on any atom is -0.390 e. The van der Waals surface area contributed by atoms with E-state index in [2.05, 4.69) is 0 Å². The Morgan fingerprint density at radius 1 is 1.50 bits per heavy atom. The summed E-state index contributed by atoms with van der Waals surface area (Å²) in [6.45, 7) is 1.80. The van der Waals surface area contributed by atoms with Crippen molar-refractivity contribution in [3.8, 4) is 0 Å². The maximum absolute atomic E-state index is 13.1. The molecule has 88 valence electrons. The second-order valence-corrected chi connectivity index (χ2v) is 5.46. The van der Waals surface area contributed by atoms with Crippen molar-refractivity contribution in [1.29, 1.82) is 0 Å². The van der Waals surface area contributed by atoms with Gasteiger partial charge in [0.1, 0.15) is 5.82 Å². The minimum atomic E-state index is -0.779. The summed E-state index contributed by atoms with van der Waals surface area (Å²) in [7, 11) is 0. The lowest BCUT2D eigenvalue weighted by molar-refractivity contribution is 0.0455. The molecule has 1 aromatic carbocycles. The van der Waals surface area contributed by atoms with E-state index in [0.29, 0.717) is 22.9 Å². The van der Waals surface area contributed by atoms with E-state index in [1.807, 2.05) is 0 Å². The predicted molar refractivity (Wildman–Crippen MR) is 63.1 cm³/mol. The van der Waals surface area contributed by atoms with Gasteiger partial charge < -0.3 is 5.11 Å². The molecule has 3 heteroatoms. The lowest BCUT2D eigenvalue weighted by Gasteiger charge is -2.23. The molecule has 16 heavy (non-hydrogen) atoms. The van der Waals surface area contributed by atoms with Gasteiger partial charge in [-0.15, -0.1) is 0 Å². The Morgan fingerprint density at radius 2 is 2.19 bits per heavy atom. The Kier molecular flexibility index (Phi) is 3.22. The third-order valence-electron chi connectivity index (χ3n) is 3.00. The van der Waals surface area contributed by atoms with Crippen LogP contribution in [-0.2, 0) is 6.42 Å². The minimum absolute atomic E-state index is 0.304. The predicted octanol–water partition coefficient (Wildman–Crippen LogP) is 3.57. The monoisotopic (exact) mass is 242 g/mol. The van der Waals surface area contributed by atoms with Crippen LogP contribution in [0, 0.1) is 11.7 Å². The number of halogens is 2. The molecule has 0 spiro atoms. The SMILES string of the molecule is CC(O)(Cc1cc(F)ccc1Cl)CC1CC1. The maximum Gasteiger partial charge on any atom is 0.123 e. The summed E-state index contributed by atoms with van der Waals surface area (Å²) in [5, 5.41) is 10.7. The van der Waals surface area contributed by atoms with Crippen LogP contribution < -0.4 is 0 Å². The topological polar surface area (TPSA) is 20.2 Å². The fourth-order valence-electron chi connectivity index (χ4n) is 2.11. The number of benzene rings is 1. The number of aliphatic hydroxyl groups is 1. The zero-order valence-electron chi connectivity index (χ0n) is 9.34. The van der Waals surface area contributed by atoms with Gasteiger partial charge in [-0.1, -0.05) is 24.4 Å². The summed E-state index contributed by atoms with van der Waals surface area (Å²) >= 11 is 5.98. The van der Waals surface area contributed by atoms with Gasteiger partial charge in [-0.05, 0) is 43.0 Å². The van der Waals surface area contributed by atoms with Crippen molar-refractivity contribution in [1.82, 2.24) is 0 Å². The van der Waals surface area contributed by atoms with Crippen LogP contribution in [0.5, 0.6) is 0 Å². The van der Waals surface area contributed by atoms with Crippen molar-refractivity contribution in [2.45, 2.75) is 38.2 Å². The first-order valence-electron chi connectivity index (χ1n) is 5.63. The average molecular weight is 243 g/mol. The van der Waals surface area contributed by atoms with Crippen LogP contribution >= 0.6 is 11.6 Å². The van der Waals surface area contributed by atoms with Crippen LogP contribution in [0.2, 0.25) is 5.02 Å². The zero-order chi connectivity index (χ0) is 11.8. The van der Waals surface area contributed by atoms with E-state index >= 15 is 0 Å². The zero-order valence-corrected chi connectivity index (χ0v) is 10.1. The molecule has 1 fully saturated rings. The third-order valence-corrected chi connectivity index (χ3v) is 3.37. The Bertz CT molecular complexity index is 386. The Balaban J connectivity index is 2.08. The summed E-state index contributed by atoms with van der Waals surface area (Å²) in [5.74, 6) is 0.337. The second-order valence-electron chi connectivity index (χ2n) is 5.06. The van der Waals surface area contributed by atoms with Crippen molar-refractivity contribution >= 4 is 11.6 Å². The van der Waals surface area contributed by atoms with Gasteiger partial charge in [0.15, 0.2) is 0 Å². The number of rotatable bonds is 4. The van der Waals surface area contributed by atoms with Gasteiger partial charge in [-0.25, -0.2) is 4.39 Å². The summed E-state index contributed by atoms with van der Waals surface area (Å²) in [6.07, 6.45) is 3.60. The molecule has 0 saturated heterocycles. The van der Waals surface area contributed by atoms with Gasteiger partial charge >= 0.3 is 0 Å². The average Bonchev–Trinajstić information content (AvgIpc) is 2.94. The lowest BCUT2D eigenvalue weighted by Crippen LogP contribution is -2.28. The molecule has 0 heterocycles. The molecule has 1 unspecified atom stereocenters. The van der Waals surface area contributed by atoms with Gasteiger partial charge in [0.25, 0.3) is 0 Å². The van der Waals surface area contributed by atoms with Crippen molar-refractivity contribution in [2.24, 2.45) is 5.92 Å². The van der Waals surface area contributed by atoms with Crippen molar-refractivity contribution in [3.63, 3.8) is 0 Å². The Labute approximate surface area is 100 Å². The molecule has 1 atom stereocenters. The van der Waals surface area contributed by atoms with E-state index in [1.54, 1.807) is 13.0 Å². The molecule has 1 aliphatic rings. The van der Waals surface area contributed by atoms with E-state index in [9.17, 15) is 9.50 Å². The molecule has 0 radical (unpaired) electrons. The van der Waals surface area contributed by atoms with Crippen LogP contribution in [0.1, 0.15) is 31.7 Å². The van der Waals surface area contributed by atoms with E-state index in [1.165, 1.54) is 25.0 Å². The maximum atomic E-state index is 13.1. The molecule has 0 aliphatic heterocycles. The highest BCUT2D eigenvalue weighted by molar-refractivity contribution is 6.31. The quantitative estimate of drug-likeness (QED) is 0.856. The third kappa shape index (κ3) is 3.19. The molecule has 1 N–H and O–H groups in total. The fraction of sp³-hybridized carbons (Fsp3) is 0.538. The molecule has 1 aliphatic carbocycles. The van der Waals surface area contributed by atoms with Gasteiger partial charge in [0.05, 0.1) is 5.60 Å². The van der Waals surface area contributed by atoms with Gasteiger partial charge in [0.2, 0.25) is 0 Å². The van der Waals surface area contributed by atoms with Crippen LogP contribution in [0.25, 0.3) is 0 Å². The van der Waals surface area contributed by atoms with E-state index < -0.39 is 5.60 Å². The van der Waals surface area contributed by atoms with Gasteiger partial charge in [-0.3, -0.25) is 0 Å². The Morgan fingerprint density at radius 3 is 2.81 bits per heavy atom. The highest BCUT2D eigenvalue weighted by atomic mass is 35.5. The van der Waals surface area contributed by atoms with Crippen LogP contribution in [0.4, 0.5) is 4.39 Å². The Hall–Kier alpha value is -0.600. The van der Waals surface area contributed by atoms with Crippen LogP contribution in [0.15, 0.2) is 18.2 Å². The number of hydrogen-bond acceptors (Lipinski definition) is 1. The first-order valence-corrected chi connectivity index (χ1v) is 6.00. The lowest BCUT2D eigenvalue weighted by atomic mass is 9.91. The van der Waals surface area contributed by atoms with Gasteiger partial charge in [0, 0.05) is 11.4 Å². The normalized spacial score (nSPS) is 19.5. The van der Waals surface area contributed by atoms with E-state index in [-0.39, 0.29) is 5.82 Å². The summed E-state index contributed by atoms with van der Waals surface area (Å²) in [5.41, 5.74) is -0.0918. The van der Waals surface area contributed by atoms with Crippen LogP contribution in [-0.4, -0.2) is 10.7 Å². The summed E-state index contributed by atoms with van der Waals surface area (Å²) in [4.78, 5) is 0. The standard InChI is InChI=1S/C13H16ClFO/c1-13(16,7-9-2-3-9)8-10-6-11(15)4-5-12(10)14/h4-6,9,16H,2-3,7-8H2,1H3. The van der Waals surface area contributed by atoms with E-state index in [4.69, 9.17) is 11.6 Å². The highest BCUT2D eigenvalue weighted by Gasteiger charge is 2.32. The smallest absolute Gasteiger partial charge is 0.123 e. The van der Waals surface area contributed by atoms with Crippen molar-refractivity contribution in [2.75, 3.05) is 0 Å². The van der Waals surface area contributed by atoms with Crippen molar-refractivity contribution < 1.29 is 9.50 Å². The fourth-order valence-corrected chi connectivity index (χ4v) is 2.29. The molecule has 0 aromatic heterocycles. The highest BCUT2D eigenvalue weighted by Crippen LogP contribution is 2.38. The molecule has 0 bridgehead atoms. The van der Waals surface area contributed by atoms with E-state index in [0.717, 1.165) is 6.42 Å². The molecule has 2 rings (SSSR count). The molecule has 1 nitrogen and oxygen atoms in total. The number of hydrogen-bond donors (Lipinski definition) is 1. The molecule has 1 saturated carbocycles. The summed E-state index contributed by atoms with van der Waals surface area (Å²) in [6, 6.07) is 4.28.